The van der Waals surface area contributed by atoms with Gasteiger partial charge in [0, 0.05) is 65.6 Å². The van der Waals surface area contributed by atoms with Gasteiger partial charge in [-0.3, -0.25) is 23.6 Å². The van der Waals surface area contributed by atoms with Gasteiger partial charge in [-0.15, -0.1) is 0 Å². The highest BCUT2D eigenvalue weighted by molar-refractivity contribution is 7.96. The number of halogens is 1. The lowest BCUT2D eigenvalue weighted by Gasteiger charge is -2.24. The lowest BCUT2D eigenvalue weighted by Crippen LogP contribution is -2.35. The summed E-state index contributed by atoms with van der Waals surface area (Å²) in [6, 6.07) is 14.9. The third-order valence-electron chi connectivity index (χ3n) is 7.75. The fourth-order valence-corrected chi connectivity index (χ4v) is 5.54. The second kappa shape index (κ2) is 13.5. The number of aromatic nitrogens is 5. The Morgan fingerprint density at radius 1 is 1.02 bits per heavy atom. The van der Waals surface area contributed by atoms with Crippen LogP contribution in [-0.2, 0) is 6.54 Å². The minimum atomic E-state index is -0.519. The molecule has 44 heavy (non-hydrogen) atoms. The average Bonchev–Trinajstić information content (AvgIpc) is 3.06. The number of nitrogens with zero attached hydrogens (tertiary/aromatic N) is 6. The van der Waals surface area contributed by atoms with Crippen LogP contribution in [0.5, 0.6) is 0 Å². The van der Waals surface area contributed by atoms with Crippen LogP contribution in [-0.4, -0.2) is 67.8 Å². The molecule has 0 bridgehead atoms. The van der Waals surface area contributed by atoms with E-state index in [4.69, 9.17) is 4.98 Å². The van der Waals surface area contributed by atoms with Gasteiger partial charge in [0.1, 0.15) is 11.5 Å². The summed E-state index contributed by atoms with van der Waals surface area (Å²) in [5.41, 5.74) is 3.63. The SMILES string of the molecule is CSN(C)CCn1c(=O)c(-c2ccc(-c3cnccn3)cc2F)cc2cnc(Nc3ccc(NC4CCNCC4)cc3)nc21. The van der Waals surface area contributed by atoms with E-state index in [1.54, 1.807) is 59.5 Å². The molecule has 4 heterocycles. The average molecular weight is 612 g/mol. The largest absolute Gasteiger partial charge is 0.382 e. The maximum atomic E-state index is 15.5. The summed E-state index contributed by atoms with van der Waals surface area (Å²) in [6.07, 6.45) is 10.5. The number of nitrogens with one attached hydrogen (secondary N) is 3. The van der Waals surface area contributed by atoms with Crippen molar-refractivity contribution in [1.29, 1.82) is 0 Å². The Kier molecular flexibility index (Phi) is 9.10. The van der Waals surface area contributed by atoms with Crippen LogP contribution in [0.4, 0.5) is 21.7 Å². The molecular weight excluding hydrogens is 577 g/mol. The molecule has 0 saturated carbocycles. The number of hydrogen-bond donors (Lipinski definition) is 3. The molecule has 0 atom stereocenters. The van der Waals surface area contributed by atoms with Gasteiger partial charge in [-0.05, 0) is 75.6 Å². The van der Waals surface area contributed by atoms with Crippen LogP contribution >= 0.6 is 11.9 Å². The standard InChI is InChI=1S/C32H34FN9OS/c1-41(44-2)15-16-42-30-22(17-27(31(42)43)26-8-3-21(18-28(26)33)29-20-35-13-14-36-29)19-37-32(40-30)39-24-6-4-23(5-7-24)38-25-9-11-34-12-10-25/h3-8,13-14,17-20,25,34,38H,9-12,15-16H2,1-2H3,(H,37,39,40). The Morgan fingerprint density at radius 3 is 2.55 bits per heavy atom. The topological polar surface area (TPSA) is 113 Å². The molecule has 0 radical (unpaired) electrons. The Labute approximate surface area is 259 Å². The molecule has 0 amide bonds. The first-order chi connectivity index (χ1) is 21.5. The van der Waals surface area contributed by atoms with E-state index in [1.807, 2.05) is 41.9 Å². The zero-order valence-corrected chi connectivity index (χ0v) is 25.4. The van der Waals surface area contributed by atoms with Crippen molar-refractivity contribution in [2.45, 2.75) is 25.4 Å². The van der Waals surface area contributed by atoms with Gasteiger partial charge in [-0.25, -0.2) is 9.37 Å². The first-order valence-electron chi connectivity index (χ1n) is 14.5. The minimum Gasteiger partial charge on any atom is -0.382 e. The van der Waals surface area contributed by atoms with Crippen molar-refractivity contribution >= 4 is 40.3 Å². The second-order valence-electron chi connectivity index (χ2n) is 10.7. The molecule has 1 fully saturated rings. The predicted molar refractivity (Wildman–Crippen MR) is 176 cm³/mol. The van der Waals surface area contributed by atoms with Gasteiger partial charge in [0.15, 0.2) is 0 Å². The Balaban J connectivity index is 1.31. The molecule has 226 valence electrons. The molecule has 0 spiro atoms. The summed E-state index contributed by atoms with van der Waals surface area (Å²) < 4.78 is 19.1. The molecule has 1 aliphatic rings. The van der Waals surface area contributed by atoms with E-state index >= 15 is 4.39 Å². The number of likely N-dealkylation sites (N-methyl/N-ethyl adjacent to an activating group) is 1. The van der Waals surface area contributed by atoms with Crippen molar-refractivity contribution in [2.24, 2.45) is 0 Å². The summed E-state index contributed by atoms with van der Waals surface area (Å²) in [5.74, 6) is -0.148. The lowest BCUT2D eigenvalue weighted by atomic mass is 10.0. The third-order valence-corrected chi connectivity index (χ3v) is 8.55. The first-order valence-corrected chi connectivity index (χ1v) is 15.7. The van der Waals surface area contributed by atoms with Crippen LogP contribution in [0.1, 0.15) is 12.8 Å². The molecule has 3 aromatic heterocycles. The van der Waals surface area contributed by atoms with Crippen LogP contribution in [0, 0.1) is 5.82 Å². The molecular formula is C32H34FN9OS. The van der Waals surface area contributed by atoms with E-state index in [2.05, 4.69) is 30.9 Å². The Hall–Kier alpha value is -4.39. The van der Waals surface area contributed by atoms with E-state index in [0.717, 1.165) is 37.3 Å². The van der Waals surface area contributed by atoms with Crippen molar-refractivity contribution in [2.75, 3.05) is 43.6 Å². The molecule has 1 aliphatic heterocycles. The molecule has 6 rings (SSSR count). The van der Waals surface area contributed by atoms with E-state index in [9.17, 15) is 4.79 Å². The number of benzene rings is 2. The van der Waals surface area contributed by atoms with E-state index in [0.29, 0.717) is 47.4 Å². The van der Waals surface area contributed by atoms with E-state index in [1.165, 1.54) is 6.07 Å². The quantitative estimate of drug-likeness (QED) is 0.183. The van der Waals surface area contributed by atoms with Gasteiger partial charge in [-0.1, -0.05) is 24.1 Å². The number of hydrogen-bond acceptors (Lipinski definition) is 10. The van der Waals surface area contributed by atoms with Crippen molar-refractivity contribution in [3.8, 4) is 22.4 Å². The fraction of sp³-hybridized carbons (Fsp3) is 0.281. The molecule has 12 heteroatoms. The van der Waals surface area contributed by atoms with E-state index in [-0.39, 0.29) is 16.7 Å². The molecule has 2 aromatic carbocycles. The number of rotatable bonds is 10. The van der Waals surface area contributed by atoms with Gasteiger partial charge in [-0.2, -0.15) is 4.98 Å². The number of fused-ring (bicyclic) bond motifs is 1. The van der Waals surface area contributed by atoms with Crippen molar-refractivity contribution in [3.63, 3.8) is 0 Å². The van der Waals surface area contributed by atoms with Gasteiger partial charge >= 0.3 is 0 Å². The van der Waals surface area contributed by atoms with Gasteiger partial charge in [0.25, 0.3) is 5.56 Å². The molecule has 5 aromatic rings. The number of pyridine rings is 1. The van der Waals surface area contributed by atoms with Gasteiger partial charge < -0.3 is 16.0 Å². The Bertz CT molecular complexity index is 1790. The summed E-state index contributed by atoms with van der Waals surface area (Å²) >= 11 is 1.57. The van der Waals surface area contributed by atoms with Crippen LogP contribution in [0.15, 0.2) is 78.1 Å². The molecule has 0 unspecified atom stereocenters. The van der Waals surface area contributed by atoms with Crippen molar-refractivity contribution < 1.29 is 4.39 Å². The van der Waals surface area contributed by atoms with E-state index < -0.39 is 5.82 Å². The zero-order valence-electron chi connectivity index (χ0n) is 24.6. The lowest BCUT2D eigenvalue weighted by molar-refractivity contribution is 0.479. The van der Waals surface area contributed by atoms with Crippen LogP contribution < -0.4 is 21.5 Å². The molecule has 1 saturated heterocycles. The minimum absolute atomic E-state index is 0.205. The maximum Gasteiger partial charge on any atom is 0.260 e. The van der Waals surface area contributed by atoms with Crippen molar-refractivity contribution in [1.82, 2.24) is 34.1 Å². The van der Waals surface area contributed by atoms with Crippen LogP contribution in [0.25, 0.3) is 33.4 Å². The summed E-state index contributed by atoms with van der Waals surface area (Å²) in [7, 11) is 1.96. The van der Waals surface area contributed by atoms with Crippen LogP contribution in [0.2, 0.25) is 0 Å². The second-order valence-corrected chi connectivity index (χ2v) is 11.7. The highest BCUT2D eigenvalue weighted by atomic mass is 32.2. The first kappa shape index (κ1) is 29.7. The molecule has 10 nitrogen and oxygen atoms in total. The number of anilines is 3. The third kappa shape index (κ3) is 6.72. The van der Waals surface area contributed by atoms with Gasteiger partial charge in [0.05, 0.1) is 17.5 Å². The highest BCUT2D eigenvalue weighted by Crippen LogP contribution is 2.28. The smallest absolute Gasteiger partial charge is 0.260 e. The summed E-state index contributed by atoms with van der Waals surface area (Å²) in [4.78, 5) is 31.5. The summed E-state index contributed by atoms with van der Waals surface area (Å²) in [6.45, 7) is 3.02. The molecule has 0 aliphatic carbocycles. The fourth-order valence-electron chi connectivity index (χ4n) is 5.27. The highest BCUT2D eigenvalue weighted by Gasteiger charge is 2.18. The Morgan fingerprint density at radius 2 is 1.82 bits per heavy atom. The van der Waals surface area contributed by atoms with Crippen molar-refractivity contribution in [3.05, 3.63) is 89.5 Å². The summed E-state index contributed by atoms with van der Waals surface area (Å²) in [5, 5.41) is 10.9. The zero-order chi connectivity index (χ0) is 30.5. The molecule has 3 N–H and O–H groups in total. The van der Waals surface area contributed by atoms with Gasteiger partial charge in [0.2, 0.25) is 5.95 Å². The maximum absolute atomic E-state index is 15.5. The van der Waals surface area contributed by atoms with Crippen LogP contribution in [0.3, 0.4) is 0 Å². The predicted octanol–water partition coefficient (Wildman–Crippen LogP) is 5.17. The normalized spacial score (nSPS) is 13.8. The number of piperidine rings is 1. The monoisotopic (exact) mass is 611 g/mol.